The molecule has 1 amide bonds. The molecule has 2 heterocycles. The van der Waals surface area contributed by atoms with E-state index in [1.54, 1.807) is 54.6 Å². The first-order valence-electron chi connectivity index (χ1n) is 11.6. The number of aryl methyl sites for hydroxylation is 1. The SMILES string of the molecule is CCOc1ccc(C2/C(=C(/O)c3ccc(OC(C)C)c(C)c3)C(=O)C(=O)N2Cc2ccco2)cc1. The molecule has 35 heavy (non-hydrogen) atoms. The monoisotopic (exact) mass is 475 g/mol. The number of aliphatic hydroxyl groups is 1. The molecule has 0 bridgehead atoms. The second-order valence-corrected chi connectivity index (χ2v) is 8.66. The first kappa shape index (κ1) is 24.1. The van der Waals surface area contributed by atoms with E-state index in [0.717, 1.165) is 5.56 Å². The number of hydrogen-bond acceptors (Lipinski definition) is 6. The van der Waals surface area contributed by atoms with Crippen LogP contribution in [0.1, 0.15) is 49.3 Å². The van der Waals surface area contributed by atoms with E-state index in [-0.39, 0.29) is 24.0 Å². The van der Waals surface area contributed by atoms with Crippen molar-refractivity contribution < 1.29 is 28.6 Å². The summed E-state index contributed by atoms with van der Waals surface area (Å²) < 4.78 is 16.8. The third-order valence-electron chi connectivity index (χ3n) is 5.76. The molecule has 1 fully saturated rings. The van der Waals surface area contributed by atoms with Crippen LogP contribution >= 0.6 is 0 Å². The molecular formula is C28H29NO6. The van der Waals surface area contributed by atoms with Crippen molar-refractivity contribution >= 4 is 17.4 Å². The number of Topliss-reactive ketones (excluding diaryl/α,β-unsaturated/α-hetero) is 1. The number of ketones is 1. The zero-order valence-electron chi connectivity index (χ0n) is 20.3. The van der Waals surface area contributed by atoms with E-state index in [0.29, 0.717) is 35.0 Å². The number of carbonyl (C=O) groups excluding carboxylic acids is 2. The molecule has 1 saturated heterocycles. The van der Waals surface area contributed by atoms with Crippen molar-refractivity contribution in [3.05, 3.63) is 88.9 Å². The second kappa shape index (κ2) is 10.1. The van der Waals surface area contributed by atoms with E-state index in [2.05, 4.69) is 0 Å². The van der Waals surface area contributed by atoms with Crippen LogP contribution in [0.2, 0.25) is 0 Å². The van der Waals surface area contributed by atoms with Crippen LogP contribution in [0.4, 0.5) is 0 Å². The molecule has 1 N–H and O–H groups in total. The topological polar surface area (TPSA) is 89.2 Å². The summed E-state index contributed by atoms with van der Waals surface area (Å²) in [6.45, 7) is 8.24. The van der Waals surface area contributed by atoms with Gasteiger partial charge in [-0.05, 0) is 81.3 Å². The highest BCUT2D eigenvalue weighted by atomic mass is 16.5. The molecule has 0 aliphatic carbocycles. The highest BCUT2D eigenvalue weighted by Gasteiger charge is 2.46. The average Bonchev–Trinajstić information content (AvgIpc) is 3.43. The summed E-state index contributed by atoms with van der Waals surface area (Å²) in [6, 6.07) is 15.0. The van der Waals surface area contributed by atoms with Crippen LogP contribution in [-0.2, 0) is 16.1 Å². The fourth-order valence-corrected chi connectivity index (χ4v) is 4.21. The van der Waals surface area contributed by atoms with Crippen molar-refractivity contribution in [2.45, 2.75) is 46.4 Å². The predicted molar refractivity (Wildman–Crippen MR) is 131 cm³/mol. The minimum Gasteiger partial charge on any atom is -0.507 e. The molecule has 1 aromatic heterocycles. The Morgan fingerprint density at radius 3 is 2.46 bits per heavy atom. The maximum absolute atomic E-state index is 13.2. The number of nitrogens with zero attached hydrogens (tertiary/aromatic N) is 1. The Balaban J connectivity index is 1.80. The van der Waals surface area contributed by atoms with Gasteiger partial charge in [-0.2, -0.15) is 0 Å². The van der Waals surface area contributed by atoms with Gasteiger partial charge in [-0.25, -0.2) is 0 Å². The Bertz CT molecular complexity index is 1240. The highest BCUT2D eigenvalue weighted by Crippen LogP contribution is 2.41. The van der Waals surface area contributed by atoms with Gasteiger partial charge < -0.3 is 23.9 Å². The third-order valence-corrected chi connectivity index (χ3v) is 5.76. The second-order valence-electron chi connectivity index (χ2n) is 8.66. The van der Waals surface area contributed by atoms with Crippen LogP contribution in [0.5, 0.6) is 11.5 Å². The number of carbonyl (C=O) groups is 2. The summed E-state index contributed by atoms with van der Waals surface area (Å²) in [7, 11) is 0. The lowest BCUT2D eigenvalue weighted by atomic mass is 9.94. The largest absolute Gasteiger partial charge is 0.507 e. The quantitative estimate of drug-likeness (QED) is 0.267. The van der Waals surface area contributed by atoms with Crippen LogP contribution in [0.3, 0.4) is 0 Å². The van der Waals surface area contributed by atoms with Gasteiger partial charge in [0.25, 0.3) is 11.7 Å². The molecule has 4 rings (SSSR count). The highest BCUT2D eigenvalue weighted by molar-refractivity contribution is 6.46. The van der Waals surface area contributed by atoms with Crippen molar-refractivity contribution in [1.82, 2.24) is 4.90 Å². The number of benzene rings is 2. The maximum atomic E-state index is 13.2. The van der Waals surface area contributed by atoms with Gasteiger partial charge in [0.2, 0.25) is 0 Å². The Morgan fingerprint density at radius 1 is 1.11 bits per heavy atom. The van der Waals surface area contributed by atoms with E-state index < -0.39 is 17.7 Å². The summed E-state index contributed by atoms with van der Waals surface area (Å²) in [5.41, 5.74) is 1.95. The Labute approximate surface area is 204 Å². The molecule has 182 valence electrons. The predicted octanol–water partition coefficient (Wildman–Crippen LogP) is 5.40. The molecular weight excluding hydrogens is 446 g/mol. The molecule has 0 radical (unpaired) electrons. The van der Waals surface area contributed by atoms with Crippen molar-refractivity contribution in [1.29, 1.82) is 0 Å². The van der Waals surface area contributed by atoms with Crippen molar-refractivity contribution in [3.8, 4) is 11.5 Å². The zero-order valence-corrected chi connectivity index (χ0v) is 20.3. The number of ether oxygens (including phenoxy) is 2. The summed E-state index contributed by atoms with van der Waals surface area (Å²) >= 11 is 0. The van der Waals surface area contributed by atoms with Crippen molar-refractivity contribution in [3.63, 3.8) is 0 Å². The van der Waals surface area contributed by atoms with E-state index in [9.17, 15) is 14.7 Å². The number of hydrogen-bond donors (Lipinski definition) is 1. The molecule has 0 saturated carbocycles. The summed E-state index contributed by atoms with van der Waals surface area (Å²) in [5.74, 6) is 0.233. The summed E-state index contributed by atoms with van der Waals surface area (Å²) in [6.07, 6.45) is 1.52. The Hall–Kier alpha value is -4.00. The third kappa shape index (κ3) is 4.94. The average molecular weight is 476 g/mol. The van der Waals surface area contributed by atoms with Crippen LogP contribution < -0.4 is 9.47 Å². The van der Waals surface area contributed by atoms with E-state index >= 15 is 0 Å². The molecule has 3 aromatic rings. The number of amides is 1. The smallest absolute Gasteiger partial charge is 0.296 e. The van der Waals surface area contributed by atoms with Crippen LogP contribution in [-0.4, -0.2) is 34.4 Å². The zero-order chi connectivity index (χ0) is 25.1. The van der Waals surface area contributed by atoms with Gasteiger partial charge in [0.05, 0.1) is 37.1 Å². The van der Waals surface area contributed by atoms with Gasteiger partial charge in [0, 0.05) is 5.56 Å². The number of aliphatic hydroxyl groups excluding tert-OH is 1. The van der Waals surface area contributed by atoms with Gasteiger partial charge in [0.1, 0.15) is 23.0 Å². The van der Waals surface area contributed by atoms with Crippen LogP contribution in [0.15, 0.2) is 70.9 Å². The molecule has 2 aromatic carbocycles. The normalized spacial score (nSPS) is 17.3. The molecule has 7 heteroatoms. The van der Waals surface area contributed by atoms with E-state index in [4.69, 9.17) is 13.9 Å². The van der Waals surface area contributed by atoms with Crippen LogP contribution in [0, 0.1) is 6.92 Å². The minimum atomic E-state index is -0.789. The van der Waals surface area contributed by atoms with Gasteiger partial charge in [-0.1, -0.05) is 12.1 Å². The lowest BCUT2D eigenvalue weighted by Gasteiger charge is -2.24. The number of likely N-dealkylation sites (tertiary alicyclic amines) is 1. The summed E-state index contributed by atoms with van der Waals surface area (Å²) in [5, 5.41) is 11.3. The molecule has 1 unspecified atom stereocenters. The standard InChI is InChI=1S/C28H29NO6/c1-5-33-21-11-8-19(9-12-21)25-24(27(31)28(32)29(25)16-22-7-6-14-34-22)26(30)20-10-13-23(18(4)15-20)35-17(2)3/h6-15,17,25,30H,5,16H2,1-4H3/b26-24-. The molecule has 7 nitrogen and oxygen atoms in total. The Kier molecular flexibility index (Phi) is 6.96. The molecule has 1 aliphatic rings. The molecule has 0 spiro atoms. The van der Waals surface area contributed by atoms with Crippen LogP contribution in [0.25, 0.3) is 5.76 Å². The van der Waals surface area contributed by atoms with E-state index in [1.807, 2.05) is 27.7 Å². The maximum Gasteiger partial charge on any atom is 0.296 e. The lowest BCUT2D eigenvalue weighted by Crippen LogP contribution is -2.29. The van der Waals surface area contributed by atoms with E-state index in [1.165, 1.54) is 11.2 Å². The van der Waals surface area contributed by atoms with Crippen molar-refractivity contribution in [2.75, 3.05) is 6.61 Å². The number of rotatable bonds is 8. The van der Waals surface area contributed by atoms with Gasteiger partial charge in [-0.3, -0.25) is 9.59 Å². The molecule has 1 atom stereocenters. The molecule has 1 aliphatic heterocycles. The Morgan fingerprint density at radius 2 is 1.86 bits per heavy atom. The fourth-order valence-electron chi connectivity index (χ4n) is 4.21. The van der Waals surface area contributed by atoms with Gasteiger partial charge in [-0.15, -0.1) is 0 Å². The first-order chi connectivity index (χ1) is 16.8. The summed E-state index contributed by atoms with van der Waals surface area (Å²) in [4.78, 5) is 27.8. The lowest BCUT2D eigenvalue weighted by molar-refractivity contribution is -0.140. The fraction of sp³-hybridized carbons (Fsp3) is 0.286. The van der Waals surface area contributed by atoms with Crippen molar-refractivity contribution in [2.24, 2.45) is 0 Å². The van der Waals surface area contributed by atoms with Gasteiger partial charge in [0.15, 0.2) is 0 Å². The number of furan rings is 1. The van der Waals surface area contributed by atoms with Gasteiger partial charge >= 0.3 is 0 Å². The first-order valence-corrected chi connectivity index (χ1v) is 11.6. The minimum absolute atomic E-state index is 0.000248.